The monoisotopic (exact) mass is 350 g/mol. The fourth-order valence-corrected chi connectivity index (χ4v) is 3.14. The number of hydrogen-bond acceptors (Lipinski definition) is 8. The summed E-state index contributed by atoms with van der Waals surface area (Å²) >= 11 is 0. The van der Waals surface area contributed by atoms with E-state index < -0.39 is 0 Å². The largest absolute Gasteiger partial charge is 0.378 e. The van der Waals surface area contributed by atoms with Crippen molar-refractivity contribution in [1.29, 1.82) is 0 Å². The second-order valence-electron chi connectivity index (χ2n) is 6.62. The molecule has 2 N–H and O–H groups in total. The van der Waals surface area contributed by atoms with Gasteiger partial charge in [-0.15, -0.1) is 0 Å². The Morgan fingerprint density at radius 1 is 1.24 bits per heavy atom. The SMILES string of the molecule is CC(C)OC1CCCN(C(=O)c2nc(N)nc(N3CCOCC3)n2)C1. The normalized spacial score (nSPS) is 21.6. The van der Waals surface area contributed by atoms with Crippen LogP contribution in [0.15, 0.2) is 0 Å². The number of nitrogens with zero attached hydrogens (tertiary/aromatic N) is 5. The van der Waals surface area contributed by atoms with E-state index in [9.17, 15) is 4.79 Å². The minimum Gasteiger partial charge on any atom is -0.378 e. The lowest BCUT2D eigenvalue weighted by Gasteiger charge is -2.33. The summed E-state index contributed by atoms with van der Waals surface area (Å²) < 4.78 is 11.2. The molecule has 138 valence electrons. The predicted octanol–water partition coefficient (Wildman–Crippen LogP) is 0.320. The first kappa shape index (κ1) is 17.8. The average Bonchev–Trinajstić information content (AvgIpc) is 2.61. The third-order valence-corrected chi connectivity index (χ3v) is 4.26. The van der Waals surface area contributed by atoms with Crippen molar-refractivity contribution in [1.82, 2.24) is 19.9 Å². The van der Waals surface area contributed by atoms with E-state index in [-0.39, 0.29) is 29.9 Å². The van der Waals surface area contributed by atoms with Crippen molar-refractivity contribution in [3.63, 3.8) is 0 Å². The van der Waals surface area contributed by atoms with Crippen molar-refractivity contribution in [3.05, 3.63) is 5.82 Å². The number of ether oxygens (including phenoxy) is 2. The number of carbonyl (C=O) groups excluding carboxylic acids is 1. The van der Waals surface area contributed by atoms with E-state index in [1.165, 1.54) is 0 Å². The Kier molecular flexibility index (Phi) is 5.64. The molecule has 0 aliphatic carbocycles. The first-order valence-corrected chi connectivity index (χ1v) is 8.82. The number of hydrogen-bond donors (Lipinski definition) is 1. The molecular weight excluding hydrogens is 324 g/mol. The smallest absolute Gasteiger partial charge is 0.291 e. The molecule has 2 saturated heterocycles. The average molecular weight is 350 g/mol. The maximum Gasteiger partial charge on any atom is 0.291 e. The van der Waals surface area contributed by atoms with Gasteiger partial charge >= 0.3 is 0 Å². The van der Waals surface area contributed by atoms with Crippen LogP contribution in [0.2, 0.25) is 0 Å². The quantitative estimate of drug-likeness (QED) is 0.827. The zero-order chi connectivity index (χ0) is 17.8. The predicted molar refractivity (Wildman–Crippen MR) is 92.4 cm³/mol. The van der Waals surface area contributed by atoms with Crippen molar-refractivity contribution in [3.8, 4) is 0 Å². The molecule has 0 aromatic carbocycles. The molecule has 0 radical (unpaired) electrons. The van der Waals surface area contributed by atoms with Crippen molar-refractivity contribution < 1.29 is 14.3 Å². The molecule has 2 aliphatic heterocycles. The molecule has 1 amide bonds. The van der Waals surface area contributed by atoms with E-state index in [1.807, 2.05) is 18.7 Å². The van der Waals surface area contributed by atoms with Gasteiger partial charge in [0, 0.05) is 26.2 Å². The van der Waals surface area contributed by atoms with Crippen molar-refractivity contribution >= 4 is 17.8 Å². The Balaban J connectivity index is 1.73. The fraction of sp³-hybridized carbons (Fsp3) is 0.750. The van der Waals surface area contributed by atoms with E-state index in [0.29, 0.717) is 45.3 Å². The Labute approximate surface area is 147 Å². The maximum atomic E-state index is 12.8. The van der Waals surface area contributed by atoms with E-state index in [1.54, 1.807) is 4.90 Å². The van der Waals surface area contributed by atoms with Gasteiger partial charge in [-0.25, -0.2) is 0 Å². The number of likely N-dealkylation sites (tertiary alicyclic amines) is 1. The van der Waals surface area contributed by atoms with Gasteiger partial charge in [-0.05, 0) is 26.7 Å². The fourth-order valence-electron chi connectivity index (χ4n) is 3.14. The zero-order valence-electron chi connectivity index (χ0n) is 14.8. The van der Waals surface area contributed by atoms with Crippen molar-refractivity contribution in [2.45, 2.75) is 38.9 Å². The molecule has 9 nitrogen and oxygen atoms in total. The highest BCUT2D eigenvalue weighted by molar-refractivity contribution is 5.91. The number of piperidine rings is 1. The van der Waals surface area contributed by atoms with Crippen molar-refractivity contribution in [2.75, 3.05) is 50.0 Å². The second kappa shape index (κ2) is 7.92. The Bertz CT molecular complexity index is 606. The summed E-state index contributed by atoms with van der Waals surface area (Å²) in [5.41, 5.74) is 5.81. The van der Waals surface area contributed by atoms with Gasteiger partial charge in [-0.1, -0.05) is 0 Å². The topological polar surface area (TPSA) is 107 Å². The zero-order valence-corrected chi connectivity index (χ0v) is 14.8. The standard InChI is InChI=1S/C16H26N6O3/c1-11(2)25-12-4-3-5-22(10-12)14(23)13-18-15(17)20-16(19-13)21-6-8-24-9-7-21/h11-12H,3-10H2,1-2H3,(H2,17,18,19,20). The highest BCUT2D eigenvalue weighted by Crippen LogP contribution is 2.18. The lowest BCUT2D eigenvalue weighted by atomic mass is 10.1. The van der Waals surface area contributed by atoms with Crippen molar-refractivity contribution in [2.24, 2.45) is 0 Å². The lowest BCUT2D eigenvalue weighted by Crippen LogP contribution is -2.44. The summed E-state index contributed by atoms with van der Waals surface area (Å²) in [4.78, 5) is 29.1. The van der Waals surface area contributed by atoms with Gasteiger partial charge in [0.05, 0.1) is 25.4 Å². The van der Waals surface area contributed by atoms with Crippen LogP contribution < -0.4 is 10.6 Å². The van der Waals surface area contributed by atoms with Crippen LogP contribution in [-0.2, 0) is 9.47 Å². The summed E-state index contributed by atoms with van der Waals surface area (Å²) in [6.07, 6.45) is 2.05. The van der Waals surface area contributed by atoms with Gasteiger partial charge in [-0.3, -0.25) is 4.79 Å². The maximum absolute atomic E-state index is 12.8. The first-order chi connectivity index (χ1) is 12.0. The molecule has 0 bridgehead atoms. The molecule has 9 heteroatoms. The van der Waals surface area contributed by atoms with Gasteiger partial charge in [0.2, 0.25) is 17.7 Å². The van der Waals surface area contributed by atoms with Crippen LogP contribution in [0, 0.1) is 0 Å². The molecule has 0 saturated carbocycles. The molecule has 2 fully saturated rings. The number of carbonyl (C=O) groups is 1. The van der Waals surface area contributed by atoms with Crippen LogP contribution in [0.1, 0.15) is 37.3 Å². The van der Waals surface area contributed by atoms with Crippen LogP contribution in [-0.4, -0.2) is 77.4 Å². The molecule has 3 heterocycles. The molecular formula is C16H26N6O3. The number of amides is 1. The van der Waals surface area contributed by atoms with E-state index >= 15 is 0 Å². The molecule has 1 aromatic rings. The highest BCUT2D eigenvalue weighted by Gasteiger charge is 2.28. The molecule has 1 atom stereocenters. The van der Waals surface area contributed by atoms with Gasteiger partial charge < -0.3 is 25.0 Å². The summed E-state index contributed by atoms with van der Waals surface area (Å²) in [5.74, 6) is 0.373. The Morgan fingerprint density at radius 3 is 2.72 bits per heavy atom. The number of aromatic nitrogens is 3. The highest BCUT2D eigenvalue weighted by atomic mass is 16.5. The molecule has 3 rings (SSSR count). The summed E-state index contributed by atoms with van der Waals surface area (Å²) in [5, 5.41) is 0. The van der Waals surface area contributed by atoms with Crippen LogP contribution in [0.25, 0.3) is 0 Å². The van der Waals surface area contributed by atoms with E-state index in [0.717, 1.165) is 12.8 Å². The minimum atomic E-state index is -0.222. The van der Waals surface area contributed by atoms with E-state index in [2.05, 4.69) is 15.0 Å². The Morgan fingerprint density at radius 2 is 2.00 bits per heavy atom. The third kappa shape index (κ3) is 4.55. The minimum absolute atomic E-state index is 0.0515. The number of nitrogen functional groups attached to an aromatic ring is 1. The molecule has 0 spiro atoms. The van der Waals surface area contributed by atoms with Crippen LogP contribution in [0.4, 0.5) is 11.9 Å². The molecule has 1 unspecified atom stereocenters. The first-order valence-electron chi connectivity index (χ1n) is 8.82. The van der Waals surface area contributed by atoms with Crippen LogP contribution >= 0.6 is 0 Å². The summed E-state index contributed by atoms with van der Waals surface area (Å²) in [6.45, 7) is 7.79. The van der Waals surface area contributed by atoms with Gasteiger partial charge in [0.1, 0.15) is 0 Å². The van der Waals surface area contributed by atoms with Gasteiger partial charge in [-0.2, -0.15) is 15.0 Å². The molecule has 25 heavy (non-hydrogen) atoms. The van der Waals surface area contributed by atoms with Crippen LogP contribution in [0.5, 0.6) is 0 Å². The van der Waals surface area contributed by atoms with Gasteiger partial charge in [0.25, 0.3) is 5.91 Å². The second-order valence-corrected chi connectivity index (χ2v) is 6.62. The van der Waals surface area contributed by atoms with E-state index in [4.69, 9.17) is 15.2 Å². The summed E-state index contributed by atoms with van der Waals surface area (Å²) in [6, 6.07) is 0. The number of rotatable bonds is 4. The Hall–Kier alpha value is -2.00. The number of nitrogens with two attached hydrogens (primary N) is 1. The molecule has 2 aliphatic rings. The summed E-state index contributed by atoms with van der Waals surface area (Å²) in [7, 11) is 0. The third-order valence-electron chi connectivity index (χ3n) is 4.26. The number of morpholine rings is 1. The van der Waals surface area contributed by atoms with Crippen LogP contribution in [0.3, 0.4) is 0 Å². The number of anilines is 2. The lowest BCUT2D eigenvalue weighted by molar-refractivity contribution is -0.0289. The van der Waals surface area contributed by atoms with Gasteiger partial charge in [0.15, 0.2) is 0 Å². The molecule has 1 aromatic heterocycles.